The predicted molar refractivity (Wildman–Crippen MR) is 91.0 cm³/mol. The number of quaternary nitrogens is 1. The number of carbonyl (C=O) groups is 1. The molecule has 126 valence electrons. The minimum atomic E-state index is 0. The van der Waals surface area contributed by atoms with Crippen LogP contribution in [0.3, 0.4) is 0 Å². The molecule has 0 aromatic heterocycles. The molecule has 4 atom stereocenters. The Kier molecular flexibility index (Phi) is 3.29. The molecule has 0 saturated carbocycles. The summed E-state index contributed by atoms with van der Waals surface area (Å²) in [6, 6.07) is 9.27. The second-order valence-electron chi connectivity index (χ2n) is 7.87. The second kappa shape index (κ2) is 4.96. The normalized spacial score (nSPS) is 39.8. The lowest BCUT2D eigenvalue weighted by atomic mass is 9.61. The number of benzene rings is 1. The first-order chi connectivity index (χ1) is 11.1. The third-order valence-electron chi connectivity index (χ3n) is 7.06. The lowest BCUT2D eigenvalue weighted by Gasteiger charge is -2.51. The molecule has 0 radical (unpaired) electrons. The van der Waals surface area contributed by atoms with Crippen LogP contribution in [0.1, 0.15) is 25.3 Å². The van der Waals surface area contributed by atoms with E-state index in [0.717, 1.165) is 35.7 Å². The minimum Gasteiger partial charge on any atom is -1.00 e. The summed E-state index contributed by atoms with van der Waals surface area (Å²) in [4.78, 5) is 12.0. The summed E-state index contributed by atoms with van der Waals surface area (Å²) < 4.78 is 1.13. The first-order valence-electron chi connectivity index (χ1n) is 8.70. The molecule has 1 N–H and O–H groups in total. The summed E-state index contributed by atoms with van der Waals surface area (Å²) in [6.07, 6.45) is 5.65. The van der Waals surface area contributed by atoms with E-state index in [2.05, 4.69) is 49.6 Å². The molecule has 2 fully saturated rings. The Hall–Kier alpha value is -1.58. The predicted octanol–water partition coefficient (Wildman–Crippen LogP) is 0.00560. The molecule has 0 amide bonds. The molecule has 2 saturated heterocycles. The van der Waals surface area contributed by atoms with Crippen molar-refractivity contribution in [2.45, 2.75) is 31.2 Å². The minimum absolute atomic E-state index is 0. The highest BCUT2D eigenvalue weighted by Crippen LogP contribution is 2.62. The first kappa shape index (κ1) is 15.9. The second-order valence-corrected chi connectivity index (χ2v) is 7.87. The van der Waals surface area contributed by atoms with E-state index >= 15 is 0 Å². The highest BCUT2D eigenvalue weighted by Gasteiger charge is 2.67. The molecule has 5 rings (SSSR count). The van der Waals surface area contributed by atoms with E-state index in [1.54, 1.807) is 0 Å². The standard InChI is InChI=1S/C20H22N2O.ClH/c1-3-13-11-22(2)9-8-20-16-6-4-5-7-17(16)21-19(20)15(12-23)14(13)10-18(20)22;/h3-7,12,14,18H,8-11H2,1-2H3;1H/b13-3+;/t14-,18?,20?,22?;/m0./s1. The topological polar surface area (TPSA) is 29.1 Å². The molecule has 4 aliphatic rings. The fourth-order valence-electron chi connectivity index (χ4n) is 6.07. The summed E-state index contributed by atoms with van der Waals surface area (Å²) >= 11 is 0. The van der Waals surface area contributed by atoms with Gasteiger partial charge in [0.05, 0.1) is 19.0 Å². The number of halogens is 1. The Balaban J connectivity index is 0.00000146. The van der Waals surface area contributed by atoms with E-state index in [4.69, 9.17) is 0 Å². The van der Waals surface area contributed by atoms with Crippen LogP contribution in [0.2, 0.25) is 0 Å². The maximum Gasteiger partial charge on any atom is 0.148 e. The van der Waals surface area contributed by atoms with Crippen molar-refractivity contribution in [2.24, 2.45) is 5.92 Å². The van der Waals surface area contributed by atoms with Gasteiger partial charge in [0, 0.05) is 35.7 Å². The van der Waals surface area contributed by atoms with Crippen molar-refractivity contribution in [3.05, 3.63) is 52.7 Å². The number of anilines is 1. The number of para-hydroxylation sites is 1. The van der Waals surface area contributed by atoms with Crippen LogP contribution in [0.4, 0.5) is 5.69 Å². The number of rotatable bonds is 1. The van der Waals surface area contributed by atoms with E-state index in [0.29, 0.717) is 12.0 Å². The first-order valence-corrected chi connectivity index (χ1v) is 8.70. The molecule has 2 bridgehead atoms. The van der Waals surface area contributed by atoms with E-state index in [1.807, 2.05) is 0 Å². The lowest BCUT2D eigenvalue weighted by molar-refractivity contribution is -0.923. The van der Waals surface area contributed by atoms with Gasteiger partial charge >= 0.3 is 0 Å². The van der Waals surface area contributed by atoms with E-state index < -0.39 is 0 Å². The quantitative estimate of drug-likeness (QED) is 0.442. The van der Waals surface area contributed by atoms with Gasteiger partial charge in [-0.25, -0.2) is 0 Å². The maximum absolute atomic E-state index is 12.0. The number of piperidine rings is 1. The van der Waals surface area contributed by atoms with Gasteiger partial charge in [-0.2, -0.15) is 0 Å². The third-order valence-corrected chi connectivity index (χ3v) is 7.06. The number of allylic oxidation sites excluding steroid dienone is 2. The number of aldehydes is 1. The van der Waals surface area contributed by atoms with Crippen LogP contribution in [0.5, 0.6) is 0 Å². The van der Waals surface area contributed by atoms with Crippen LogP contribution in [0.25, 0.3) is 0 Å². The van der Waals surface area contributed by atoms with Crippen LogP contribution in [0.15, 0.2) is 47.2 Å². The molecule has 3 unspecified atom stereocenters. The van der Waals surface area contributed by atoms with E-state index in [-0.39, 0.29) is 17.8 Å². The molecule has 3 aliphatic heterocycles. The summed E-state index contributed by atoms with van der Waals surface area (Å²) in [5, 5.41) is 3.66. The molecular formula is C20H23ClN2O. The van der Waals surface area contributed by atoms with Crippen molar-refractivity contribution in [2.75, 3.05) is 25.5 Å². The average Bonchev–Trinajstić information content (AvgIpc) is 3.08. The molecule has 1 spiro atoms. The third kappa shape index (κ3) is 1.60. The van der Waals surface area contributed by atoms with Crippen LogP contribution in [0, 0.1) is 5.92 Å². The van der Waals surface area contributed by atoms with Gasteiger partial charge in [0.15, 0.2) is 0 Å². The van der Waals surface area contributed by atoms with Crippen molar-refractivity contribution < 1.29 is 21.7 Å². The van der Waals surface area contributed by atoms with Gasteiger partial charge in [-0.3, -0.25) is 4.79 Å². The summed E-state index contributed by atoms with van der Waals surface area (Å²) in [5.74, 6) is 0.316. The molecule has 4 heteroatoms. The monoisotopic (exact) mass is 342 g/mol. The average molecular weight is 343 g/mol. The number of hydrogen-bond donors (Lipinski definition) is 1. The number of hydrogen-bond acceptors (Lipinski definition) is 2. The summed E-state index contributed by atoms with van der Waals surface area (Å²) in [7, 11) is 2.42. The van der Waals surface area contributed by atoms with Gasteiger partial charge in [0.25, 0.3) is 0 Å². The zero-order valence-corrected chi connectivity index (χ0v) is 14.9. The van der Waals surface area contributed by atoms with Crippen LogP contribution < -0.4 is 17.7 Å². The highest BCUT2D eigenvalue weighted by atomic mass is 35.5. The van der Waals surface area contributed by atoms with Crippen molar-refractivity contribution in [1.82, 2.24) is 0 Å². The molecule has 1 aromatic rings. The summed E-state index contributed by atoms with van der Waals surface area (Å²) in [6.45, 7) is 4.42. The van der Waals surface area contributed by atoms with Crippen molar-refractivity contribution in [3.63, 3.8) is 0 Å². The Labute approximate surface area is 149 Å². The van der Waals surface area contributed by atoms with Gasteiger partial charge in [-0.15, -0.1) is 0 Å². The Morgan fingerprint density at radius 2 is 2.12 bits per heavy atom. The number of nitrogens with one attached hydrogen (secondary N) is 1. The van der Waals surface area contributed by atoms with Gasteiger partial charge in [-0.05, 0) is 24.1 Å². The van der Waals surface area contributed by atoms with Crippen molar-refractivity contribution in [1.29, 1.82) is 0 Å². The molecule has 3 nitrogen and oxygen atoms in total. The van der Waals surface area contributed by atoms with Gasteiger partial charge in [0.1, 0.15) is 18.9 Å². The SMILES string of the molecule is C/C=C1\C[N+]2(C)CCC34C(=C(C=O)[C@H]1CC32)Nc1ccccc14.[Cl-]. The molecule has 3 heterocycles. The molecular weight excluding hydrogens is 320 g/mol. The molecule has 24 heavy (non-hydrogen) atoms. The maximum atomic E-state index is 12.0. The zero-order valence-electron chi connectivity index (χ0n) is 14.2. The van der Waals surface area contributed by atoms with Gasteiger partial charge < -0.3 is 22.2 Å². The highest BCUT2D eigenvalue weighted by molar-refractivity contribution is 5.84. The fraction of sp³-hybridized carbons (Fsp3) is 0.450. The zero-order chi connectivity index (χ0) is 15.8. The van der Waals surface area contributed by atoms with Crippen LogP contribution >= 0.6 is 0 Å². The Bertz CT molecular complexity index is 799. The number of nitrogens with zero attached hydrogens (tertiary/aromatic N) is 1. The Morgan fingerprint density at radius 3 is 2.88 bits per heavy atom. The van der Waals surface area contributed by atoms with Gasteiger partial charge in [-0.1, -0.05) is 24.3 Å². The van der Waals surface area contributed by atoms with Gasteiger partial charge in [0.2, 0.25) is 0 Å². The van der Waals surface area contributed by atoms with Crippen molar-refractivity contribution in [3.8, 4) is 0 Å². The molecule has 1 aromatic carbocycles. The van der Waals surface area contributed by atoms with Crippen LogP contribution in [-0.4, -0.2) is 36.9 Å². The number of fused-ring (bicyclic) bond motifs is 2. The number of carbonyl (C=O) groups excluding carboxylic acids is 1. The Morgan fingerprint density at radius 1 is 1.33 bits per heavy atom. The fourth-order valence-corrected chi connectivity index (χ4v) is 6.07. The number of likely N-dealkylation sites (N-methyl/N-ethyl adjacent to an activating group) is 1. The lowest BCUT2D eigenvalue weighted by Crippen LogP contribution is -3.00. The largest absolute Gasteiger partial charge is 1.00 e. The van der Waals surface area contributed by atoms with Crippen molar-refractivity contribution >= 4 is 12.0 Å². The molecule has 1 aliphatic carbocycles. The van der Waals surface area contributed by atoms with E-state index in [9.17, 15) is 4.79 Å². The smallest absolute Gasteiger partial charge is 0.148 e. The summed E-state index contributed by atoms with van der Waals surface area (Å²) in [5.41, 5.74) is 6.35. The van der Waals surface area contributed by atoms with Crippen LogP contribution in [-0.2, 0) is 10.2 Å². The van der Waals surface area contributed by atoms with E-state index in [1.165, 1.54) is 29.1 Å².